The zero-order valence-corrected chi connectivity index (χ0v) is 37.4. The number of nitrogens with zero attached hydrogens (tertiary/aromatic N) is 6. The molecule has 6 aromatic rings. The van der Waals surface area contributed by atoms with E-state index in [0.29, 0.717) is 45.5 Å². The minimum Gasteiger partial charge on any atom is -0.491 e. The van der Waals surface area contributed by atoms with Crippen molar-refractivity contribution in [3.8, 4) is 57.7 Å². The van der Waals surface area contributed by atoms with Gasteiger partial charge in [-0.1, -0.05) is 34.0 Å². The van der Waals surface area contributed by atoms with Crippen molar-refractivity contribution in [2.24, 2.45) is 11.5 Å². The number of primary amides is 2. The molecule has 20 heteroatoms. The highest BCUT2D eigenvalue weighted by Crippen LogP contribution is 2.45. The number of fused-ring (bicyclic) bond motifs is 6. The van der Waals surface area contributed by atoms with Crippen LogP contribution in [-0.2, 0) is 11.2 Å². The third-order valence-electron chi connectivity index (χ3n) is 10.2. The number of hydrogen-bond donors (Lipinski definition) is 4. The zero-order valence-electron chi connectivity index (χ0n) is 35.8. The highest BCUT2D eigenvalue weighted by molar-refractivity contribution is 7.14. The summed E-state index contributed by atoms with van der Waals surface area (Å²) < 4.78 is 51.4. The molecule has 6 N–H and O–H groups in total. The lowest BCUT2D eigenvalue weighted by Crippen LogP contribution is -2.24. The smallest absolute Gasteiger partial charge is 0.277 e. The maximum atomic E-state index is 14.9. The quantitative estimate of drug-likeness (QED) is 0.158. The van der Waals surface area contributed by atoms with Gasteiger partial charge in [0.25, 0.3) is 11.8 Å². The SMILES string of the molecule is Cc1cc([C@](C)(O)C#Cc2cc3c(cc2F)OC[C@@H](N(C)C)c2sc(C(N)=O)nc2-3)no1.Cc1cc([C@](C)(O)C#Cc2cc3c(cc2F)OC[C@H](N(C)C)c2sc(C(N)=O)nc2-3)no1. The lowest BCUT2D eigenvalue weighted by atomic mass is 10.0. The van der Waals surface area contributed by atoms with Crippen molar-refractivity contribution in [3.05, 3.63) is 102 Å². The number of halogens is 2. The Bertz CT molecular complexity index is 2730. The third kappa shape index (κ3) is 9.24. The topological polar surface area (TPSA) is 229 Å². The van der Waals surface area contributed by atoms with Crippen molar-refractivity contribution < 1.29 is 47.1 Å². The second-order valence-electron chi connectivity index (χ2n) is 15.7. The number of benzene rings is 2. The first-order chi connectivity index (χ1) is 30.1. The Morgan fingerprint density at radius 3 is 1.39 bits per heavy atom. The number of aliphatic hydroxyl groups is 2. The number of aromatic nitrogens is 4. The molecule has 2 aliphatic rings. The number of amides is 2. The van der Waals surface area contributed by atoms with Crippen molar-refractivity contribution in [1.82, 2.24) is 30.1 Å². The van der Waals surface area contributed by atoms with Crippen molar-refractivity contribution in [2.45, 2.75) is 51.0 Å². The van der Waals surface area contributed by atoms with E-state index in [1.807, 2.05) is 38.0 Å². The summed E-state index contributed by atoms with van der Waals surface area (Å²) in [5.74, 6) is 9.79. The van der Waals surface area contributed by atoms with Gasteiger partial charge in [-0.2, -0.15) is 0 Å². The van der Waals surface area contributed by atoms with Crippen LogP contribution < -0.4 is 20.9 Å². The summed E-state index contributed by atoms with van der Waals surface area (Å²) in [5, 5.41) is 29.2. The van der Waals surface area contributed by atoms with Crippen molar-refractivity contribution in [1.29, 1.82) is 0 Å². The fraction of sp³-hybridized carbons (Fsp3) is 0.318. The number of nitrogens with two attached hydrogens (primary N) is 2. The lowest BCUT2D eigenvalue weighted by molar-refractivity contribution is 0.0991. The van der Waals surface area contributed by atoms with Crippen LogP contribution in [0.1, 0.15) is 89.3 Å². The minimum absolute atomic E-state index is 0.0377. The Balaban J connectivity index is 0.000000191. The second-order valence-corrected chi connectivity index (χ2v) is 17.8. The first-order valence-corrected chi connectivity index (χ1v) is 21.0. The van der Waals surface area contributed by atoms with Crippen LogP contribution in [0.25, 0.3) is 22.5 Å². The molecule has 332 valence electrons. The van der Waals surface area contributed by atoms with Crippen LogP contribution in [0.3, 0.4) is 0 Å². The molecular formula is C44H42F2N8O8S2. The molecule has 4 atom stereocenters. The molecule has 0 fully saturated rings. The van der Waals surface area contributed by atoms with E-state index in [0.717, 1.165) is 9.75 Å². The first kappa shape index (κ1) is 45.5. The van der Waals surface area contributed by atoms with Crippen LogP contribution >= 0.6 is 22.7 Å². The number of carbonyl (C=O) groups excluding carboxylic acids is 2. The van der Waals surface area contributed by atoms with E-state index in [1.54, 1.807) is 26.0 Å². The van der Waals surface area contributed by atoms with Gasteiger partial charge >= 0.3 is 0 Å². The van der Waals surface area contributed by atoms with Crippen LogP contribution in [-0.4, -0.2) is 93.5 Å². The fourth-order valence-electron chi connectivity index (χ4n) is 6.58. The summed E-state index contributed by atoms with van der Waals surface area (Å²) in [6.07, 6.45) is 0. The summed E-state index contributed by atoms with van der Waals surface area (Å²) in [6.45, 7) is 6.77. The molecule has 2 aromatic carbocycles. The second kappa shape index (κ2) is 17.6. The molecule has 64 heavy (non-hydrogen) atoms. The summed E-state index contributed by atoms with van der Waals surface area (Å²) in [7, 11) is 7.51. The summed E-state index contributed by atoms with van der Waals surface area (Å²) in [5.41, 5.74) is 10.1. The average Bonchev–Trinajstić information content (AvgIpc) is 4.03. The van der Waals surface area contributed by atoms with E-state index in [1.165, 1.54) is 60.8 Å². The molecule has 0 saturated carbocycles. The molecular weight excluding hydrogens is 871 g/mol. The van der Waals surface area contributed by atoms with Gasteiger partial charge in [0.1, 0.15) is 59.3 Å². The number of ether oxygens (including phenoxy) is 2. The number of hydrogen-bond acceptors (Lipinski definition) is 16. The standard InChI is InChI=1S/2C22H21FN4O4S/c2*1-11-7-17(26-31-11)22(2,29)6-5-12-8-13-16(9-14(12)23)30-10-15(27(3)4)19-18(13)25-21(32-19)20(24)28/h2*7-9,15,29H,10H2,1-4H3,(H2,24,28)/t15-,22+;15-,22-/m01/s1. The van der Waals surface area contributed by atoms with Gasteiger partial charge < -0.3 is 40.2 Å². The molecule has 2 aliphatic heterocycles. The molecule has 6 heterocycles. The van der Waals surface area contributed by atoms with Crippen LogP contribution in [0.2, 0.25) is 0 Å². The van der Waals surface area contributed by atoms with Crippen molar-refractivity contribution in [2.75, 3.05) is 41.4 Å². The lowest BCUT2D eigenvalue weighted by Gasteiger charge is -2.21. The maximum absolute atomic E-state index is 14.9. The predicted octanol–water partition coefficient (Wildman–Crippen LogP) is 5.20. The first-order valence-electron chi connectivity index (χ1n) is 19.4. The van der Waals surface area contributed by atoms with Crippen molar-refractivity contribution >= 4 is 34.5 Å². The largest absolute Gasteiger partial charge is 0.491 e. The number of carbonyl (C=O) groups is 2. The molecule has 0 saturated heterocycles. The Morgan fingerprint density at radius 1 is 0.703 bits per heavy atom. The van der Waals surface area contributed by atoms with Gasteiger partial charge in [0.15, 0.2) is 21.2 Å². The molecule has 16 nitrogen and oxygen atoms in total. The zero-order chi connectivity index (χ0) is 46.4. The minimum atomic E-state index is -1.64. The Morgan fingerprint density at radius 2 is 1.08 bits per heavy atom. The normalized spacial score (nSPS) is 16.8. The molecule has 2 amide bonds. The molecule has 0 radical (unpaired) electrons. The van der Waals surface area contributed by atoms with Crippen molar-refractivity contribution in [3.63, 3.8) is 0 Å². The highest BCUT2D eigenvalue weighted by Gasteiger charge is 2.33. The van der Waals surface area contributed by atoms with E-state index in [2.05, 4.69) is 44.0 Å². The third-order valence-corrected chi connectivity index (χ3v) is 12.5. The molecule has 0 unspecified atom stereocenters. The molecule has 8 rings (SSSR count). The van der Waals surface area contributed by atoms with Gasteiger partial charge in [-0.25, -0.2) is 18.7 Å². The van der Waals surface area contributed by atoms with Gasteiger partial charge in [0, 0.05) is 35.4 Å². The number of rotatable bonds is 6. The Labute approximate surface area is 373 Å². The summed E-state index contributed by atoms with van der Waals surface area (Å²) >= 11 is 2.38. The van der Waals surface area contributed by atoms with E-state index in [-0.39, 0.29) is 57.8 Å². The van der Waals surface area contributed by atoms with Gasteiger partial charge in [-0.3, -0.25) is 19.4 Å². The van der Waals surface area contributed by atoms with Gasteiger partial charge in [0.2, 0.25) is 0 Å². The van der Waals surface area contributed by atoms with E-state index in [4.69, 9.17) is 30.0 Å². The summed E-state index contributed by atoms with van der Waals surface area (Å²) in [6, 6.07) is 8.20. The molecule has 0 aliphatic carbocycles. The van der Waals surface area contributed by atoms with Gasteiger partial charge in [0.05, 0.1) is 44.4 Å². The van der Waals surface area contributed by atoms with E-state index in [9.17, 15) is 28.6 Å². The predicted molar refractivity (Wildman–Crippen MR) is 231 cm³/mol. The highest BCUT2D eigenvalue weighted by atomic mass is 32.1. The Kier molecular flexibility index (Phi) is 12.5. The Hall–Kier alpha value is -6.52. The molecule has 4 aromatic heterocycles. The average molecular weight is 913 g/mol. The van der Waals surface area contributed by atoms with Crippen LogP contribution in [0, 0.1) is 49.2 Å². The van der Waals surface area contributed by atoms with Crippen LogP contribution in [0.15, 0.2) is 45.4 Å². The molecule has 0 bridgehead atoms. The number of thiazole rings is 2. The molecule has 0 spiro atoms. The van der Waals surface area contributed by atoms with Gasteiger partial charge in [-0.15, -0.1) is 22.7 Å². The van der Waals surface area contributed by atoms with E-state index >= 15 is 0 Å². The van der Waals surface area contributed by atoms with Gasteiger partial charge in [-0.05, 0) is 68.0 Å². The maximum Gasteiger partial charge on any atom is 0.277 e. The van der Waals surface area contributed by atoms with E-state index < -0.39 is 34.7 Å². The fourth-order valence-corrected chi connectivity index (χ4v) is 8.80. The number of likely N-dealkylation sites (N-methyl/N-ethyl adjacent to an activating group) is 2. The van der Waals surface area contributed by atoms with Crippen LogP contribution in [0.5, 0.6) is 11.5 Å². The number of aryl methyl sites for hydroxylation is 2. The summed E-state index contributed by atoms with van der Waals surface area (Å²) in [4.78, 5) is 37.8. The monoisotopic (exact) mass is 912 g/mol. The van der Waals surface area contributed by atoms with Crippen LogP contribution in [0.4, 0.5) is 8.78 Å².